The van der Waals surface area contributed by atoms with Crippen LogP contribution in [0, 0.1) is 0 Å². The SMILES string of the molecule is O=P1(O)[C@@H](c2ccc(Cl)cc2)O[C@H]1c1ccc(Cl)cc1. The molecule has 1 unspecified atom stereocenters. The van der Waals surface area contributed by atoms with Gasteiger partial charge in [0, 0.05) is 10.0 Å². The second-order valence-corrected chi connectivity index (χ2v) is 7.77. The van der Waals surface area contributed by atoms with E-state index in [0.29, 0.717) is 21.2 Å². The molecule has 1 aliphatic heterocycles. The van der Waals surface area contributed by atoms with Gasteiger partial charge in [-0.05, 0) is 35.4 Å². The molecular weight excluding hydrogens is 318 g/mol. The quantitative estimate of drug-likeness (QED) is 0.790. The Balaban J connectivity index is 1.85. The van der Waals surface area contributed by atoms with Crippen molar-refractivity contribution in [2.45, 2.75) is 11.7 Å². The van der Waals surface area contributed by atoms with Crippen molar-refractivity contribution in [3.63, 3.8) is 0 Å². The molecule has 0 amide bonds. The van der Waals surface area contributed by atoms with Gasteiger partial charge in [0.05, 0.1) is 0 Å². The normalized spacial score (nSPS) is 28.9. The Hall–Kier alpha value is -0.830. The fourth-order valence-corrected chi connectivity index (χ4v) is 4.30. The van der Waals surface area contributed by atoms with Crippen LogP contribution < -0.4 is 0 Å². The molecule has 3 atom stereocenters. The predicted molar refractivity (Wildman–Crippen MR) is 79.3 cm³/mol. The van der Waals surface area contributed by atoms with Gasteiger partial charge in [0.1, 0.15) is 0 Å². The van der Waals surface area contributed by atoms with Crippen molar-refractivity contribution in [1.82, 2.24) is 0 Å². The van der Waals surface area contributed by atoms with Crippen LogP contribution >= 0.6 is 30.6 Å². The van der Waals surface area contributed by atoms with Gasteiger partial charge in [0.15, 0.2) is 11.7 Å². The molecule has 1 heterocycles. The summed E-state index contributed by atoms with van der Waals surface area (Å²) >= 11 is 11.6. The maximum absolute atomic E-state index is 12.5. The summed E-state index contributed by atoms with van der Waals surface area (Å²) in [6.45, 7) is 0. The lowest BCUT2D eigenvalue weighted by Crippen LogP contribution is -2.24. The molecule has 0 aromatic heterocycles. The second kappa shape index (κ2) is 5.18. The van der Waals surface area contributed by atoms with E-state index in [1.165, 1.54) is 0 Å². The Morgan fingerprint density at radius 2 is 1.20 bits per heavy atom. The summed E-state index contributed by atoms with van der Waals surface area (Å²) in [4.78, 5) is 10.2. The van der Waals surface area contributed by atoms with E-state index in [2.05, 4.69) is 0 Å². The fourth-order valence-electron chi connectivity index (χ4n) is 2.20. The zero-order valence-electron chi connectivity index (χ0n) is 10.2. The summed E-state index contributed by atoms with van der Waals surface area (Å²) in [7, 11) is -3.47. The van der Waals surface area contributed by atoms with Crippen molar-refractivity contribution in [2.24, 2.45) is 0 Å². The first-order chi connectivity index (χ1) is 9.48. The molecule has 1 N–H and O–H groups in total. The first-order valence-corrected chi connectivity index (χ1v) is 8.52. The Morgan fingerprint density at radius 3 is 1.50 bits per heavy atom. The molecule has 1 aliphatic rings. The number of ether oxygens (including phenoxy) is 1. The van der Waals surface area contributed by atoms with Crippen LogP contribution in [0.15, 0.2) is 48.5 Å². The molecule has 20 heavy (non-hydrogen) atoms. The molecule has 1 saturated heterocycles. The summed E-state index contributed by atoms with van der Waals surface area (Å²) in [6.07, 6.45) is 0. The van der Waals surface area contributed by atoms with Crippen molar-refractivity contribution < 1.29 is 14.2 Å². The van der Waals surface area contributed by atoms with Crippen molar-refractivity contribution in [1.29, 1.82) is 0 Å². The molecule has 6 heteroatoms. The maximum atomic E-state index is 12.5. The molecule has 0 radical (unpaired) electrons. The van der Waals surface area contributed by atoms with Gasteiger partial charge in [-0.2, -0.15) is 0 Å². The molecule has 0 aliphatic carbocycles. The standard InChI is InChI=1S/C14H11Cl2O3P/c15-11-5-1-9(2-6-11)13-19-14(20(13,17)18)10-3-7-12(16)8-4-10/h1-8,13-14H,(H,17,18)/t13-,14+. The van der Waals surface area contributed by atoms with Crippen LogP contribution in [0.2, 0.25) is 10.0 Å². The van der Waals surface area contributed by atoms with Gasteiger partial charge in [-0.25, -0.2) is 0 Å². The van der Waals surface area contributed by atoms with Crippen molar-refractivity contribution in [3.8, 4) is 0 Å². The number of halogens is 2. The van der Waals surface area contributed by atoms with Gasteiger partial charge in [0.2, 0.25) is 0 Å². The van der Waals surface area contributed by atoms with Gasteiger partial charge in [-0.15, -0.1) is 0 Å². The van der Waals surface area contributed by atoms with Gasteiger partial charge in [0.25, 0.3) is 7.37 Å². The molecule has 0 saturated carbocycles. The highest BCUT2D eigenvalue weighted by molar-refractivity contribution is 7.59. The van der Waals surface area contributed by atoms with E-state index in [0.717, 1.165) is 0 Å². The monoisotopic (exact) mass is 328 g/mol. The van der Waals surface area contributed by atoms with Crippen LogP contribution in [-0.2, 0) is 9.30 Å². The van der Waals surface area contributed by atoms with E-state index in [4.69, 9.17) is 27.9 Å². The molecule has 2 aromatic rings. The van der Waals surface area contributed by atoms with Crippen molar-refractivity contribution in [3.05, 3.63) is 69.7 Å². The smallest absolute Gasteiger partial charge is 0.265 e. The molecule has 3 rings (SSSR count). The third-order valence-corrected chi connectivity index (χ3v) is 5.93. The molecule has 2 aromatic carbocycles. The zero-order chi connectivity index (χ0) is 14.3. The number of rotatable bonds is 2. The van der Waals surface area contributed by atoms with E-state index < -0.39 is 19.1 Å². The number of benzene rings is 2. The highest BCUT2D eigenvalue weighted by Crippen LogP contribution is 2.76. The van der Waals surface area contributed by atoms with Crippen LogP contribution in [0.3, 0.4) is 0 Å². The van der Waals surface area contributed by atoms with E-state index in [9.17, 15) is 9.46 Å². The molecule has 3 nitrogen and oxygen atoms in total. The van der Waals surface area contributed by atoms with Crippen LogP contribution in [0.5, 0.6) is 0 Å². The Morgan fingerprint density at radius 1 is 0.850 bits per heavy atom. The highest BCUT2D eigenvalue weighted by Gasteiger charge is 2.53. The lowest BCUT2D eigenvalue weighted by atomic mass is 10.2. The minimum absolute atomic E-state index is 0.579. The Labute approximate surface area is 126 Å². The van der Waals surface area contributed by atoms with Crippen LogP contribution in [-0.4, -0.2) is 4.89 Å². The summed E-state index contributed by atoms with van der Waals surface area (Å²) in [5.41, 5.74) is 1.32. The van der Waals surface area contributed by atoms with E-state index in [1.807, 2.05) is 0 Å². The summed E-state index contributed by atoms with van der Waals surface area (Å²) in [6, 6.07) is 13.5. The van der Waals surface area contributed by atoms with Crippen molar-refractivity contribution in [2.75, 3.05) is 0 Å². The van der Waals surface area contributed by atoms with Crippen LogP contribution in [0.4, 0.5) is 0 Å². The largest absolute Gasteiger partial charge is 0.345 e. The predicted octanol–water partition coefficient (Wildman–Crippen LogP) is 4.99. The number of hydrogen-bond acceptors (Lipinski definition) is 2. The van der Waals surface area contributed by atoms with Gasteiger partial charge in [-0.3, -0.25) is 4.57 Å². The molecule has 1 fully saturated rings. The molecular formula is C14H11Cl2O3P. The highest BCUT2D eigenvalue weighted by atomic mass is 35.5. The second-order valence-electron chi connectivity index (χ2n) is 4.62. The Bertz CT molecular complexity index is 614. The van der Waals surface area contributed by atoms with E-state index in [-0.39, 0.29) is 0 Å². The van der Waals surface area contributed by atoms with E-state index in [1.54, 1.807) is 48.5 Å². The lowest BCUT2D eigenvalue weighted by molar-refractivity contribution is 0.00482. The van der Waals surface area contributed by atoms with Gasteiger partial charge >= 0.3 is 0 Å². The molecule has 104 valence electrons. The van der Waals surface area contributed by atoms with Gasteiger partial charge in [-0.1, -0.05) is 47.5 Å². The van der Waals surface area contributed by atoms with Crippen LogP contribution in [0.25, 0.3) is 0 Å². The summed E-state index contributed by atoms with van der Waals surface area (Å²) in [5, 5.41) is 1.16. The first kappa shape index (κ1) is 14.1. The maximum Gasteiger partial charge on any atom is 0.265 e. The fraction of sp³-hybridized carbons (Fsp3) is 0.143. The average Bonchev–Trinajstić information content (AvgIpc) is 2.42. The van der Waals surface area contributed by atoms with Gasteiger partial charge < -0.3 is 9.63 Å². The summed E-state index contributed by atoms with van der Waals surface area (Å²) < 4.78 is 18.1. The Kier molecular flexibility index (Phi) is 3.65. The summed E-state index contributed by atoms with van der Waals surface area (Å²) in [5.74, 6) is -1.58. The molecule has 0 bridgehead atoms. The van der Waals surface area contributed by atoms with Crippen molar-refractivity contribution >= 4 is 30.6 Å². The van der Waals surface area contributed by atoms with Crippen LogP contribution in [0.1, 0.15) is 22.8 Å². The lowest BCUT2D eigenvalue weighted by Gasteiger charge is -2.41. The number of hydrogen-bond donors (Lipinski definition) is 1. The van der Waals surface area contributed by atoms with E-state index >= 15 is 0 Å². The third kappa shape index (κ3) is 2.41. The average molecular weight is 329 g/mol. The first-order valence-electron chi connectivity index (χ1n) is 5.97. The zero-order valence-corrected chi connectivity index (χ0v) is 12.6. The molecule has 0 spiro atoms. The minimum atomic E-state index is -3.47. The minimum Gasteiger partial charge on any atom is -0.345 e. The topological polar surface area (TPSA) is 46.5 Å². The third-order valence-electron chi connectivity index (χ3n) is 3.24.